The van der Waals surface area contributed by atoms with E-state index < -0.39 is 0 Å². The molecule has 1 aromatic carbocycles. The monoisotopic (exact) mass is 268 g/mol. The Morgan fingerprint density at radius 1 is 1.47 bits per heavy atom. The van der Waals surface area contributed by atoms with Crippen LogP contribution in [0.25, 0.3) is 11.3 Å². The van der Waals surface area contributed by atoms with Crippen molar-refractivity contribution in [3.05, 3.63) is 33.1 Å². The van der Waals surface area contributed by atoms with E-state index in [2.05, 4.69) is 4.98 Å². The molecular formula is C12H13ClN2OS. The number of aromatic nitrogens is 1. The van der Waals surface area contributed by atoms with Crippen LogP contribution in [0.2, 0.25) is 5.02 Å². The topological polar surface area (TPSA) is 48.1 Å². The highest BCUT2D eigenvalue weighted by molar-refractivity contribution is 7.12. The normalized spacial score (nSPS) is 10.6. The van der Waals surface area contributed by atoms with Crippen LogP contribution >= 0.6 is 22.9 Å². The van der Waals surface area contributed by atoms with E-state index in [0.29, 0.717) is 17.3 Å². The molecule has 1 aromatic heterocycles. The highest BCUT2D eigenvalue weighted by Crippen LogP contribution is 2.33. The van der Waals surface area contributed by atoms with Gasteiger partial charge in [0.05, 0.1) is 22.8 Å². The van der Waals surface area contributed by atoms with Gasteiger partial charge in [-0.1, -0.05) is 11.6 Å². The molecule has 2 rings (SSSR count). The van der Waals surface area contributed by atoms with Crippen LogP contribution in [-0.2, 0) is 6.54 Å². The fourth-order valence-electron chi connectivity index (χ4n) is 1.65. The number of aryl methyl sites for hydroxylation is 1. The number of thiazole rings is 1. The SMILES string of the molecule is COc1ccc(-c2nc(C)sc2CN)cc1Cl. The fraction of sp³-hybridized carbons (Fsp3) is 0.250. The van der Waals surface area contributed by atoms with Crippen molar-refractivity contribution in [1.29, 1.82) is 0 Å². The second-order valence-electron chi connectivity index (χ2n) is 3.56. The Bertz CT molecular complexity index is 539. The first kappa shape index (κ1) is 12.4. The number of rotatable bonds is 3. The smallest absolute Gasteiger partial charge is 0.137 e. The van der Waals surface area contributed by atoms with E-state index in [1.54, 1.807) is 18.4 Å². The predicted molar refractivity (Wildman–Crippen MR) is 71.7 cm³/mol. The molecule has 0 amide bonds. The van der Waals surface area contributed by atoms with Gasteiger partial charge < -0.3 is 10.5 Å². The van der Waals surface area contributed by atoms with Crippen molar-refractivity contribution in [2.24, 2.45) is 5.73 Å². The van der Waals surface area contributed by atoms with Gasteiger partial charge in [-0.05, 0) is 25.1 Å². The van der Waals surface area contributed by atoms with Crippen molar-refractivity contribution in [1.82, 2.24) is 4.98 Å². The molecule has 0 spiro atoms. The predicted octanol–water partition coefficient (Wildman–Crippen LogP) is 3.24. The van der Waals surface area contributed by atoms with Crippen LogP contribution in [-0.4, -0.2) is 12.1 Å². The van der Waals surface area contributed by atoms with Gasteiger partial charge >= 0.3 is 0 Å². The van der Waals surface area contributed by atoms with Crippen LogP contribution in [0.1, 0.15) is 9.88 Å². The molecule has 0 aliphatic heterocycles. The molecule has 2 N–H and O–H groups in total. The minimum absolute atomic E-state index is 0.491. The lowest BCUT2D eigenvalue weighted by Crippen LogP contribution is -1.95. The Labute approximate surface area is 109 Å². The van der Waals surface area contributed by atoms with Gasteiger partial charge in [0.25, 0.3) is 0 Å². The lowest BCUT2D eigenvalue weighted by atomic mass is 10.1. The summed E-state index contributed by atoms with van der Waals surface area (Å²) in [6.07, 6.45) is 0. The average Bonchev–Trinajstić information content (AvgIpc) is 2.70. The van der Waals surface area contributed by atoms with Crippen molar-refractivity contribution in [2.45, 2.75) is 13.5 Å². The van der Waals surface area contributed by atoms with Gasteiger partial charge in [0.2, 0.25) is 0 Å². The van der Waals surface area contributed by atoms with Crippen molar-refractivity contribution in [3.8, 4) is 17.0 Å². The number of nitrogens with two attached hydrogens (primary N) is 1. The molecular weight excluding hydrogens is 256 g/mol. The minimum atomic E-state index is 0.491. The van der Waals surface area contributed by atoms with E-state index in [0.717, 1.165) is 21.1 Å². The zero-order valence-corrected chi connectivity index (χ0v) is 11.2. The van der Waals surface area contributed by atoms with E-state index in [1.807, 2.05) is 25.1 Å². The van der Waals surface area contributed by atoms with Gasteiger partial charge in [-0.2, -0.15) is 0 Å². The first-order chi connectivity index (χ1) is 8.15. The van der Waals surface area contributed by atoms with Gasteiger partial charge in [0.15, 0.2) is 0 Å². The Morgan fingerprint density at radius 2 is 2.24 bits per heavy atom. The molecule has 0 bridgehead atoms. The average molecular weight is 269 g/mol. The van der Waals surface area contributed by atoms with Crippen molar-refractivity contribution >= 4 is 22.9 Å². The molecule has 5 heteroatoms. The summed E-state index contributed by atoms with van der Waals surface area (Å²) in [6.45, 7) is 2.46. The third-order valence-corrected chi connectivity index (χ3v) is 3.70. The Hall–Kier alpha value is -1.10. The molecule has 2 aromatic rings. The maximum Gasteiger partial charge on any atom is 0.137 e. The molecule has 0 atom stereocenters. The van der Waals surface area contributed by atoms with Gasteiger partial charge in [-0.15, -0.1) is 11.3 Å². The third-order valence-electron chi connectivity index (χ3n) is 2.41. The van der Waals surface area contributed by atoms with E-state index in [1.165, 1.54) is 0 Å². The summed E-state index contributed by atoms with van der Waals surface area (Å²) in [7, 11) is 1.60. The molecule has 0 unspecified atom stereocenters. The fourth-order valence-corrected chi connectivity index (χ4v) is 2.74. The lowest BCUT2D eigenvalue weighted by Gasteiger charge is -2.05. The van der Waals surface area contributed by atoms with Crippen LogP contribution in [0.3, 0.4) is 0 Å². The second kappa shape index (κ2) is 5.04. The van der Waals surface area contributed by atoms with E-state index >= 15 is 0 Å². The maximum atomic E-state index is 6.10. The summed E-state index contributed by atoms with van der Waals surface area (Å²) in [4.78, 5) is 5.56. The highest BCUT2D eigenvalue weighted by atomic mass is 35.5. The largest absolute Gasteiger partial charge is 0.495 e. The van der Waals surface area contributed by atoms with Crippen LogP contribution in [0.4, 0.5) is 0 Å². The van der Waals surface area contributed by atoms with E-state index in [4.69, 9.17) is 22.1 Å². The summed E-state index contributed by atoms with van der Waals surface area (Å²) in [5.74, 6) is 0.664. The number of hydrogen-bond donors (Lipinski definition) is 1. The molecule has 0 aliphatic carbocycles. The number of ether oxygens (including phenoxy) is 1. The van der Waals surface area contributed by atoms with Crippen molar-refractivity contribution < 1.29 is 4.74 Å². The van der Waals surface area contributed by atoms with E-state index in [9.17, 15) is 0 Å². The Morgan fingerprint density at radius 3 is 2.82 bits per heavy atom. The van der Waals surface area contributed by atoms with Crippen LogP contribution in [0, 0.1) is 6.92 Å². The van der Waals surface area contributed by atoms with Gasteiger partial charge in [-0.25, -0.2) is 4.98 Å². The van der Waals surface area contributed by atoms with Crippen LogP contribution in [0.5, 0.6) is 5.75 Å². The van der Waals surface area contributed by atoms with Crippen molar-refractivity contribution in [2.75, 3.05) is 7.11 Å². The molecule has 3 nitrogen and oxygen atoms in total. The molecule has 17 heavy (non-hydrogen) atoms. The molecule has 0 fully saturated rings. The minimum Gasteiger partial charge on any atom is -0.495 e. The zero-order chi connectivity index (χ0) is 12.4. The number of benzene rings is 1. The van der Waals surface area contributed by atoms with Crippen LogP contribution in [0.15, 0.2) is 18.2 Å². The summed E-state index contributed by atoms with van der Waals surface area (Å²) in [6, 6.07) is 5.64. The van der Waals surface area contributed by atoms with E-state index in [-0.39, 0.29) is 0 Å². The third kappa shape index (κ3) is 2.44. The summed E-state index contributed by atoms with van der Waals surface area (Å²) >= 11 is 7.72. The lowest BCUT2D eigenvalue weighted by molar-refractivity contribution is 0.415. The number of nitrogens with zero attached hydrogens (tertiary/aromatic N) is 1. The number of methoxy groups -OCH3 is 1. The number of halogens is 1. The zero-order valence-electron chi connectivity index (χ0n) is 9.66. The standard InChI is InChI=1S/C12H13ClN2OS/c1-7-15-12(11(6-14)17-7)8-3-4-10(16-2)9(13)5-8/h3-5H,6,14H2,1-2H3. The Balaban J connectivity index is 2.49. The second-order valence-corrected chi connectivity index (χ2v) is 5.25. The van der Waals surface area contributed by atoms with Crippen molar-refractivity contribution in [3.63, 3.8) is 0 Å². The van der Waals surface area contributed by atoms with Gasteiger partial charge in [0.1, 0.15) is 5.75 Å². The number of hydrogen-bond acceptors (Lipinski definition) is 4. The molecule has 0 aliphatic rings. The summed E-state index contributed by atoms with van der Waals surface area (Å²) in [5.41, 5.74) is 7.60. The summed E-state index contributed by atoms with van der Waals surface area (Å²) < 4.78 is 5.12. The van der Waals surface area contributed by atoms with Gasteiger partial charge in [-0.3, -0.25) is 0 Å². The van der Waals surface area contributed by atoms with Gasteiger partial charge in [0, 0.05) is 17.0 Å². The molecule has 0 saturated carbocycles. The highest BCUT2D eigenvalue weighted by Gasteiger charge is 2.11. The molecule has 90 valence electrons. The summed E-state index contributed by atoms with van der Waals surface area (Å²) in [5, 5.41) is 1.59. The molecule has 1 heterocycles. The first-order valence-corrected chi connectivity index (χ1v) is 6.35. The molecule has 0 radical (unpaired) electrons. The Kier molecular flexibility index (Phi) is 3.66. The van der Waals surface area contributed by atoms with Crippen LogP contribution < -0.4 is 10.5 Å². The first-order valence-electron chi connectivity index (χ1n) is 5.16. The quantitative estimate of drug-likeness (QED) is 0.930. The molecule has 0 saturated heterocycles. The maximum absolute atomic E-state index is 6.10.